The van der Waals surface area contributed by atoms with Crippen LogP contribution in [0.5, 0.6) is 0 Å². The molecule has 64 valence electrons. The smallest absolute Gasteiger partial charge is 0.0277 e. The lowest BCUT2D eigenvalue weighted by Gasteiger charge is -2.21. The molecule has 0 bridgehead atoms. The molecule has 0 aliphatic carbocycles. The number of allylic oxidation sites excluding steroid dienone is 2. The van der Waals surface area contributed by atoms with Crippen LogP contribution in [-0.4, -0.2) is 13.3 Å². The fourth-order valence-electron chi connectivity index (χ4n) is 1.06. The van der Waals surface area contributed by atoms with Crippen molar-refractivity contribution in [3.05, 3.63) is 11.6 Å². The zero-order valence-corrected chi connectivity index (χ0v) is 8.31. The minimum Gasteiger partial charge on any atom is -0.297 e. The highest BCUT2D eigenvalue weighted by Crippen LogP contribution is 2.26. The van der Waals surface area contributed by atoms with E-state index in [2.05, 4.69) is 38.8 Å². The van der Waals surface area contributed by atoms with Crippen molar-refractivity contribution in [1.29, 1.82) is 0 Å². The van der Waals surface area contributed by atoms with Crippen LogP contribution in [0.4, 0.5) is 0 Å². The van der Waals surface area contributed by atoms with Gasteiger partial charge in [-0.3, -0.25) is 4.99 Å². The van der Waals surface area contributed by atoms with Crippen molar-refractivity contribution in [2.45, 2.75) is 34.1 Å². The van der Waals surface area contributed by atoms with Crippen molar-refractivity contribution >= 4 is 6.21 Å². The van der Waals surface area contributed by atoms with Gasteiger partial charge in [0.2, 0.25) is 0 Å². The van der Waals surface area contributed by atoms with Crippen LogP contribution in [-0.2, 0) is 0 Å². The second-order valence-corrected chi connectivity index (χ2v) is 3.70. The number of hydrogen-bond donors (Lipinski definition) is 0. The first kappa shape index (κ1) is 10.4. The second kappa shape index (κ2) is 4.32. The average Bonchev–Trinajstić information content (AvgIpc) is 1.87. The van der Waals surface area contributed by atoms with Gasteiger partial charge in [-0.25, -0.2) is 0 Å². The lowest BCUT2D eigenvalue weighted by molar-refractivity contribution is 0.489. The Bertz CT molecular complexity index is 158. The molecule has 1 nitrogen and oxygen atoms in total. The highest BCUT2D eigenvalue weighted by Gasteiger charge is 2.13. The normalized spacial score (nSPS) is 14.5. The van der Waals surface area contributed by atoms with E-state index >= 15 is 0 Å². The van der Waals surface area contributed by atoms with E-state index in [4.69, 9.17) is 0 Å². The van der Waals surface area contributed by atoms with Gasteiger partial charge in [-0.05, 0) is 17.9 Å². The molecule has 0 amide bonds. The standard InChI is InChI=1S/C10H19N/c1-6-9(7-8-11-5)10(2,3)4/h7-8H,6H2,1-5H3/b9-7+,11-8-. The first-order valence-electron chi connectivity index (χ1n) is 4.14. The van der Waals surface area contributed by atoms with Gasteiger partial charge in [-0.15, -0.1) is 0 Å². The number of aliphatic imine (C=N–C) groups is 1. The molecule has 0 radical (unpaired) electrons. The van der Waals surface area contributed by atoms with Crippen LogP contribution in [0.1, 0.15) is 34.1 Å². The Morgan fingerprint density at radius 2 is 1.91 bits per heavy atom. The van der Waals surface area contributed by atoms with Gasteiger partial charge >= 0.3 is 0 Å². The van der Waals surface area contributed by atoms with Gasteiger partial charge in [0.1, 0.15) is 0 Å². The van der Waals surface area contributed by atoms with Gasteiger partial charge < -0.3 is 0 Å². The molecule has 0 unspecified atom stereocenters. The van der Waals surface area contributed by atoms with Crippen LogP contribution < -0.4 is 0 Å². The molecule has 1 heteroatoms. The predicted molar refractivity (Wildman–Crippen MR) is 52.2 cm³/mol. The topological polar surface area (TPSA) is 12.4 Å². The van der Waals surface area contributed by atoms with Crippen molar-refractivity contribution in [1.82, 2.24) is 0 Å². The molecule has 0 rings (SSSR count). The highest BCUT2D eigenvalue weighted by atomic mass is 14.6. The maximum atomic E-state index is 3.94. The van der Waals surface area contributed by atoms with Crippen molar-refractivity contribution in [3.8, 4) is 0 Å². The van der Waals surface area contributed by atoms with Gasteiger partial charge in [-0.1, -0.05) is 33.3 Å². The first-order valence-corrected chi connectivity index (χ1v) is 4.14. The summed E-state index contributed by atoms with van der Waals surface area (Å²) < 4.78 is 0. The Hall–Kier alpha value is -0.590. The molecule has 0 saturated heterocycles. The Labute approximate surface area is 70.2 Å². The van der Waals surface area contributed by atoms with Crippen molar-refractivity contribution in [3.63, 3.8) is 0 Å². The molecule has 0 heterocycles. The summed E-state index contributed by atoms with van der Waals surface area (Å²) in [4.78, 5) is 3.94. The van der Waals surface area contributed by atoms with Crippen molar-refractivity contribution < 1.29 is 0 Å². The van der Waals surface area contributed by atoms with E-state index in [1.54, 1.807) is 7.05 Å². The number of nitrogens with zero attached hydrogens (tertiary/aromatic N) is 1. The van der Waals surface area contributed by atoms with Crippen LogP contribution in [0.2, 0.25) is 0 Å². The molecule has 11 heavy (non-hydrogen) atoms. The molecule has 0 aliphatic heterocycles. The molecule has 0 N–H and O–H groups in total. The molecular formula is C10H19N. The largest absolute Gasteiger partial charge is 0.297 e. The van der Waals surface area contributed by atoms with Gasteiger partial charge in [0, 0.05) is 13.3 Å². The molecular weight excluding hydrogens is 134 g/mol. The maximum Gasteiger partial charge on any atom is 0.0277 e. The predicted octanol–water partition coefficient (Wildman–Crippen LogP) is 3.07. The maximum absolute atomic E-state index is 3.94. The molecule has 0 spiro atoms. The van der Waals surface area contributed by atoms with Gasteiger partial charge in [0.25, 0.3) is 0 Å². The monoisotopic (exact) mass is 153 g/mol. The van der Waals surface area contributed by atoms with E-state index in [-0.39, 0.29) is 5.41 Å². The van der Waals surface area contributed by atoms with Gasteiger partial charge in [0.15, 0.2) is 0 Å². The van der Waals surface area contributed by atoms with Crippen molar-refractivity contribution in [2.24, 2.45) is 10.4 Å². The van der Waals surface area contributed by atoms with Crippen LogP contribution in [0.15, 0.2) is 16.6 Å². The van der Waals surface area contributed by atoms with E-state index < -0.39 is 0 Å². The second-order valence-electron chi connectivity index (χ2n) is 3.70. The fraction of sp³-hybridized carbons (Fsp3) is 0.700. The summed E-state index contributed by atoms with van der Waals surface area (Å²) in [5.74, 6) is 0. The van der Waals surface area contributed by atoms with Gasteiger partial charge in [-0.2, -0.15) is 0 Å². The van der Waals surface area contributed by atoms with Crippen LogP contribution >= 0.6 is 0 Å². The Kier molecular flexibility index (Phi) is 4.09. The Balaban J connectivity index is 4.40. The van der Waals surface area contributed by atoms with Gasteiger partial charge in [0.05, 0.1) is 0 Å². The van der Waals surface area contributed by atoms with Crippen molar-refractivity contribution in [2.75, 3.05) is 7.05 Å². The molecule has 0 aromatic rings. The lowest BCUT2D eigenvalue weighted by atomic mass is 9.85. The molecule has 0 saturated carbocycles. The van der Waals surface area contributed by atoms with E-state index in [9.17, 15) is 0 Å². The molecule has 0 fully saturated rings. The molecule has 0 aliphatic rings. The number of hydrogen-bond acceptors (Lipinski definition) is 1. The third kappa shape index (κ3) is 3.97. The summed E-state index contributed by atoms with van der Waals surface area (Å²) in [5.41, 5.74) is 1.73. The summed E-state index contributed by atoms with van der Waals surface area (Å²) in [6.07, 6.45) is 5.08. The SMILES string of the molecule is CC/C(=C\C=N/C)C(C)(C)C. The lowest BCUT2D eigenvalue weighted by Crippen LogP contribution is -2.08. The molecule has 0 atom stereocenters. The fourth-order valence-corrected chi connectivity index (χ4v) is 1.06. The summed E-state index contributed by atoms with van der Waals surface area (Å²) in [7, 11) is 1.80. The number of rotatable bonds is 2. The van der Waals surface area contributed by atoms with E-state index in [0.717, 1.165) is 6.42 Å². The zero-order valence-electron chi connectivity index (χ0n) is 8.31. The average molecular weight is 153 g/mol. The quantitative estimate of drug-likeness (QED) is 0.541. The Morgan fingerprint density at radius 3 is 2.18 bits per heavy atom. The summed E-state index contributed by atoms with van der Waals surface area (Å²) >= 11 is 0. The van der Waals surface area contributed by atoms with E-state index in [1.807, 2.05) is 6.21 Å². The van der Waals surface area contributed by atoms with E-state index in [1.165, 1.54) is 5.57 Å². The Morgan fingerprint density at radius 1 is 1.36 bits per heavy atom. The third-order valence-electron chi connectivity index (χ3n) is 1.77. The molecule has 0 aromatic carbocycles. The van der Waals surface area contributed by atoms with Crippen LogP contribution in [0, 0.1) is 5.41 Å². The van der Waals surface area contributed by atoms with Crippen LogP contribution in [0.3, 0.4) is 0 Å². The highest BCUT2D eigenvalue weighted by molar-refractivity contribution is 5.72. The van der Waals surface area contributed by atoms with E-state index in [0.29, 0.717) is 0 Å². The summed E-state index contributed by atoms with van der Waals surface area (Å²) in [6.45, 7) is 8.87. The third-order valence-corrected chi connectivity index (χ3v) is 1.77. The minimum atomic E-state index is 0.288. The minimum absolute atomic E-state index is 0.288. The molecule has 0 aromatic heterocycles. The first-order chi connectivity index (χ1) is 5.02. The zero-order chi connectivity index (χ0) is 8.91. The van der Waals surface area contributed by atoms with Crippen LogP contribution in [0.25, 0.3) is 0 Å². The summed E-state index contributed by atoms with van der Waals surface area (Å²) in [5, 5.41) is 0. The summed E-state index contributed by atoms with van der Waals surface area (Å²) in [6, 6.07) is 0.